The number of hydrogen-bond donors (Lipinski definition) is 0. The number of fused-ring (bicyclic) bond motifs is 6. The van der Waals surface area contributed by atoms with E-state index in [4.69, 9.17) is 0 Å². The number of allylic oxidation sites excluding steroid dienone is 8. The van der Waals surface area contributed by atoms with Crippen molar-refractivity contribution in [3.63, 3.8) is 0 Å². The summed E-state index contributed by atoms with van der Waals surface area (Å²) in [6.07, 6.45) is 19.4. The quantitative estimate of drug-likeness (QED) is 0.0492. The molecule has 2 aliphatic heterocycles. The Morgan fingerprint density at radius 1 is 0.745 bits per heavy atom. The zero-order valence-corrected chi connectivity index (χ0v) is 34.2. The van der Waals surface area contributed by atoms with Crippen LogP contribution in [0.3, 0.4) is 0 Å². The molecule has 6 rings (SSSR count). The van der Waals surface area contributed by atoms with Crippen LogP contribution in [-0.2, 0) is 25.7 Å². The Hall–Kier alpha value is -4.59. The molecule has 0 spiro atoms. The van der Waals surface area contributed by atoms with Gasteiger partial charge < -0.3 is 9.45 Å². The van der Waals surface area contributed by atoms with E-state index >= 15 is 0 Å². The lowest BCUT2D eigenvalue weighted by Crippen LogP contribution is -2.28. The van der Waals surface area contributed by atoms with E-state index in [-0.39, 0.29) is 22.5 Å². The Labute approximate surface area is 328 Å². The van der Waals surface area contributed by atoms with Crippen LogP contribution in [0.15, 0.2) is 121 Å². The van der Waals surface area contributed by atoms with Crippen molar-refractivity contribution in [1.29, 1.82) is 0 Å². The smallest absolute Gasteiger partial charge is 0.210 e. The summed E-state index contributed by atoms with van der Waals surface area (Å²) >= 11 is 0. The minimum atomic E-state index is -4.24. The Balaban J connectivity index is 1.23. The van der Waals surface area contributed by atoms with E-state index in [1.165, 1.54) is 44.1 Å². The van der Waals surface area contributed by atoms with E-state index in [1.54, 1.807) is 0 Å². The van der Waals surface area contributed by atoms with Crippen LogP contribution in [0.25, 0.3) is 21.5 Å². The van der Waals surface area contributed by atoms with Crippen molar-refractivity contribution < 1.29 is 22.3 Å². The molecule has 7 heteroatoms. The van der Waals surface area contributed by atoms with Crippen molar-refractivity contribution in [3.05, 3.63) is 132 Å². The maximum absolute atomic E-state index is 12.2. The number of carbonyl (C=O) groups excluding carboxylic acids is 1. The standard InChI is InChI=1S/C48H56N2O4S/c1-35(2)42(51)25-11-10-18-32-49-40-30-28-36-21-14-16-23-38(36)45(40)47(3,4)43(49)26-12-8-7-9-13-27-44-48(5,6)46-39-24-17-15-22-37(39)29-31-41(46)50(44)33-19-20-34-55(52,53)54/h7-9,12-17,21-24,26-31,35H,10-11,18-20,25,32-34H2,1-6H3. The second-order valence-electron chi connectivity index (χ2n) is 16.4. The summed E-state index contributed by atoms with van der Waals surface area (Å²) in [7, 11) is -4.24. The SMILES string of the molecule is CC(C)C(=O)CCCCCN1\C(=C/C=C/C=C/C=C/C2=[N+](CCCCS(=O)(=O)[O-])c3ccc4ccccc4c3C2(C)C)C(C)(C)c2c1ccc1ccccc21. The number of nitrogens with zero attached hydrogens (tertiary/aromatic N) is 2. The van der Waals surface area contributed by atoms with Gasteiger partial charge in [-0.1, -0.05) is 119 Å². The summed E-state index contributed by atoms with van der Waals surface area (Å²) < 4.78 is 36.2. The number of Topliss-reactive ketones (excluding diaryl/α,β-unsaturated/α-hetero) is 1. The number of unbranched alkanes of at least 4 members (excludes halogenated alkanes) is 3. The van der Waals surface area contributed by atoms with Gasteiger partial charge in [0, 0.05) is 65.6 Å². The first kappa shape index (κ1) is 40.1. The lowest BCUT2D eigenvalue weighted by Gasteiger charge is -2.27. The molecule has 0 saturated heterocycles. The minimum Gasteiger partial charge on any atom is -0.748 e. The molecule has 2 heterocycles. The predicted molar refractivity (Wildman–Crippen MR) is 229 cm³/mol. The molecule has 0 fully saturated rings. The third kappa shape index (κ3) is 8.63. The van der Waals surface area contributed by atoms with Crippen molar-refractivity contribution in [2.45, 2.75) is 90.9 Å². The largest absolute Gasteiger partial charge is 0.748 e. The highest BCUT2D eigenvalue weighted by molar-refractivity contribution is 7.85. The molecule has 0 bridgehead atoms. The zero-order valence-electron chi connectivity index (χ0n) is 33.3. The van der Waals surface area contributed by atoms with Crippen molar-refractivity contribution in [1.82, 2.24) is 0 Å². The topological polar surface area (TPSA) is 80.5 Å². The molecule has 6 nitrogen and oxygen atoms in total. The van der Waals surface area contributed by atoms with Gasteiger partial charge in [0.2, 0.25) is 5.69 Å². The molecular weight excluding hydrogens is 701 g/mol. The fourth-order valence-electron chi connectivity index (χ4n) is 8.62. The number of hydrogen-bond acceptors (Lipinski definition) is 5. The Kier molecular flexibility index (Phi) is 12.1. The maximum atomic E-state index is 12.2. The van der Waals surface area contributed by atoms with E-state index in [1.807, 2.05) is 13.8 Å². The Morgan fingerprint density at radius 2 is 1.38 bits per heavy atom. The van der Waals surface area contributed by atoms with Gasteiger partial charge in [0.1, 0.15) is 12.3 Å². The van der Waals surface area contributed by atoms with Gasteiger partial charge in [-0.2, -0.15) is 4.58 Å². The minimum absolute atomic E-state index is 0.0992. The fraction of sp³-hybridized carbons (Fsp3) is 0.375. The third-order valence-electron chi connectivity index (χ3n) is 11.4. The number of ketones is 1. The van der Waals surface area contributed by atoms with Crippen LogP contribution in [0, 0.1) is 5.92 Å². The molecule has 0 amide bonds. The van der Waals surface area contributed by atoms with Crippen molar-refractivity contribution in [2.75, 3.05) is 23.7 Å². The van der Waals surface area contributed by atoms with Crippen LogP contribution in [0.1, 0.15) is 91.2 Å². The molecule has 4 aromatic carbocycles. The van der Waals surface area contributed by atoms with Gasteiger partial charge in [-0.3, -0.25) is 4.79 Å². The second kappa shape index (κ2) is 16.6. The van der Waals surface area contributed by atoms with Crippen molar-refractivity contribution in [3.8, 4) is 0 Å². The Morgan fingerprint density at radius 3 is 2.07 bits per heavy atom. The lowest BCUT2D eigenvalue weighted by molar-refractivity contribution is -0.438. The summed E-state index contributed by atoms with van der Waals surface area (Å²) in [5, 5.41) is 4.95. The highest BCUT2D eigenvalue weighted by Gasteiger charge is 2.45. The maximum Gasteiger partial charge on any atom is 0.210 e. The highest BCUT2D eigenvalue weighted by atomic mass is 32.2. The average Bonchev–Trinajstić information content (AvgIpc) is 3.50. The van der Waals surface area contributed by atoms with Gasteiger partial charge in [-0.05, 0) is 78.4 Å². The normalized spacial score (nSPS) is 17.3. The summed E-state index contributed by atoms with van der Waals surface area (Å²) in [6.45, 7) is 14.6. The molecule has 0 N–H and O–H groups in total. The van der Waals surface area contributed by atoms with Gasteiger partial charge in [-0.25, -0.2) is 8.42 Å². The van der Waals surface area contributed by atoms with Crippen LogP contribution in [0.4, 0.5) is 11.4 Å². The van der Waals surface area contributed by atoms with Crippen LogP contribution >= 0.6 is 0 Å². The fourth-order valence-corrected chi connectivity index (χ4v) is 9.18. The van der Waals surface area contributed by atoms with Crippen molar-refractivity contribution >= 4 is 54.5 Å². The van der Waals surface area contributed by atoms with E-state index < -0.39 is 10.1 Å². The molecule has 0 saturated carbocycles. The number of carbonyl (C=O) groups is 1. The number of anilines is 1. The van der Waals surface area contributed by atoms with E-state index in [0.717, 1.165) is 37.2 Å². The van der Waals surface area contributed by atoms with E-state index in [2.05, 4.69) is 152 Å². The third-order valence-corrected chi connectivity index (χ3v) is 12.2. The zero-order chi connectivity index (χ0) is 39.4. The number of benzene rings is 4. The van der Waals surface area contributed by atoms with Crippen LogP contribution < -0.4 is 4.90 Å². The highest BCUT2D eigenvalue weighted by Crippen LogP contribution is 2.51. The van der Waals surface area contributed by atoms with E-state index in [0.29, 0.717) is 31.6 Å². The van der Waals surface area contributed by atoms with E-state index in [9.17, 15) is 17.8 Å². The average molecular weight is 757 g/mol. The van der Waals surface area contributed by atoms with Crippen LogP contribution in [0.5, 0.6) is 0 Å². The van der Waals surface area contributed by atoms with Crippen LogP contribution in [-0.4, -0.2) is 47.9 Å². The van der Waals surface area contributed by atoms with Gasteiger partial charge in [-0.15, -0.1) is 0 Å². The van der Waals surface area contributed by atoms with Gasteiger partial charge in [0.15, 0.2) is 5.71 Å². The first-order valence-corrected chi connectivity index (χ1v) is 21.4. The van der Waals surface area contributed by atoms with Crippen molar-refractivity contribution in [2.24, 2.45) is 5.92 Å². The van der Waals surface area contributed by atoms with Crippen LogP contribution in [0.2, 0.25) is 0 Å². The molecule has 55 heavy (non-hydrogen) atoms. The molecule has 0 atom stereocenters. The molecule has 0 aromatic heterocycles. The van der Waals surface area contributed by atoms with Gasteiger partial charge in [0.25, 0.3) is 0 Å². The molecule has 0 radical (unpaired) electrons. The lowest BCUT2D eigenvalue weighted by atomic mass is 9.79. The van der Waals surface area contributed by atoms with Gasteiger partial charge in [0.05, 0.1) is 15.5 Å². The molecular formula is C48H56N2O4S. The molecule has 2 aliphatic rings. The Bertz CT molecular complexity index is 2340. The molecule has 4 aromatic rings. The summed E-state index contributed by atoms with van der Waals surface area (Å²) in [6, 6.07) is 25.9. The monoisotopic (exact) mass is 756 g/mol. The molecule has 0 aliphatic carbocycles. The predicted octanol–water partition coefficient (Wildman–Crippen LogP) is 10.8. The first-order chi connectivity index (χ1) is 26.2. The summed E-state index contributed by atoms with van der Waals surface area (Å²) in [4.78, 5) is 14.7. The molecule has 0 unspecified atom stereocenters. The van der Waals surface area contributed by atoms with Gasteiger partial charge >= 0.3 is 0 Å². The number of rotatable bonds is 16. The first-order valence-electron chi connectivity index (χ1n) is 19.9. The second-order valence-corrected chi connectivity index (χ2v) is 17.9. The summed E-state index contributed by atoms with van der Waals surface area (Å²) in [5.74, 6) is 0.104. The summed E-state index contributed by atoms with van der Waals surface area (Å²) in [5.41, 5.74) is 6.96. The molecule has 288 valence electrons.